The standard InChI is InChI=1S/C15H25NO4S/c1-4-8-16-12-13-6-7-14(19-3)11-15(13)20-9-10-21(17,18)5-2/h6-7,11,16H,4-5,8-10,12H2,1-3H3. The third-order valence-corrected chi connectivity index (χ3v) is 4.78. The summed E-state index contributed by atoms with van der Waals surface area (Å²) in [5.74, 6) is 1.54. The topological polar surface area (TPSA) is 64.6 Å². The van der Waals surface area contributed by atoms with Crippen molar-refractivity contribution >= 4 is 9.84 Å². The van der Waals surface area contributed by atoms with Gasteiger partial charge in [0.15, 0.2) is 9.84 Å². The maximum atomic E-state index is 11.5. The number of benzene rings is 1. The monoisotopic (exact) mass is 315 g/mol. The van der Waals surface area contributed by atoms with E-state index in [0.717, 1.165) is 18.5 Å². The molecule has 5 nitrogen and oxygen atoms in total. The van der Waals surface area contributed by atoms with Gasteiger partial charge in [0, 0.05) is 23.9 Å². The van der Waals surface area contributed by atoms with Gasteiger partial charge in [0.25, 0.3) is 0 Å². The van der Waals surface area contributed by atoms with Crippen molar-refractivity contribution in [3.8, 4) is 11.5 Å². The van der Waals surface area contributed by atoms with E-state index in [2.05, 4.69) is 12.2 Å². The van der Waals surface area contributed by atoms with Crippen molar-refractivity contribution in [1.29, 1.82) is 0 Å². The third-order valence-electron chi connectivity index (χ3n) is 3.11. The Morgan fingerprint density at radius 1 is 1.24 bits per heavy atom. The zero-order valence-electron chi connectivity index (χ0n) is 13.0. The Morgan fingerprint density at radius 2 is 2.00 bits per heavy atom. The average Bonchev–Trinajstić information content (AvgIpc) is 2.48. The van der Waals surface area contributed by atoms with Crippen LogP contribution in [0.25, 0.3) is 0 Å². The summed E-state index contributed by atoms with van der Waals surface area (Å²) in [5, 5.41) is 3.31. The first-order valence-corrected chi connectivity index (χ1v) is 9.05. The van der Waals surface area contributed by atoms with Gasteiger partial charge in [-0.05, 0) is 19.0 Å². The molecule has 21 heavy (non-hydrogen) atoms. The quantitative estimate of drug-likeness (QED) is 0.669. The predicted molar refractivity (Wildman–Crippen MR) is 84.8 cm³/mol. The molecule has 0 heterocycles. The SMILES string of the molecule is CCCNCc1ccc(OC)cc1OCCS(=O)(=O)CC. The van der Waals surface area contributed by atoms with Crippen LogP contribution in [-0.2, 0) is 16.4 Å². The molecule has 0 spiro atoms. The van der Waals surface area contributed by atoms with Crippen molar-refractivity contribution in [1.82, 2.24) is 5.32 Å². The first-order chi connectivity index (χ1) is 10.0. The molecule has 0 unspecified atom stereocenters. The number of hydrogen-bond acceptors (Lipinski definition) is 5. The molecule has 0 atom stereocenters. The summed E-state index contributed by atoms with van der Waals surface area (Å²) in [4.78, 5) is 0. The Hall–Kier alpha value is -1.27. The minimum absolute atomic E-state index is 0.0303. The molecule has 0 radical (unpaired) electrons. The zero-order chi connectivity index (χ0) is 15.7. The van der Waals surface area contributed by atoms with Crippen LogP contribution in [0.2, 0.25) is 0 Å². The first kappa shape index (κ1) is 17.8. The second-order valence-corrected chi connectivity index (χ2v) is 7.21. The molecule has 120 valence electrons. The van der Waals surface area contributed by atoms with Crippen LogP contribution in [0.4, 0.5) is 0 Å². The van der Waals surface area contributed by atoms with E-state index >= 15 is 0 Å². The van der Waals surface area contributed by atoms with E-state index in [-0.39, 0.29) is 18.1 Å². The van der Waals surface area contributed by atoms with Gasteiger partial charge in [-0.3, -0.25) is 0 Å². The molecule has 1 aromatic rings. The maximum absolute atomic E-state index is 11.5. The van der Waals surface area contributed by atoms with Crippen LogP contribution < -0.4 is 14.8 Å². The molecule has 6 heteroatoms. The van der Waals surface area contributed by atoms with E-state index in [4.69, 9.17) is 9.47 Å². The molecule has 0 aliphatic rings. The van der Waals surface area contributed by atoms with Crippen LogP contribution in [0.5, 0.6) is 11.5 Å². The van der Waals surface area contributed by atoms with E-state index in [1.165, 1.54) is 0 Å². The fourth-order valence-corrected chi connectivity index (χ4v) is 2.39. The summed E-state index contributed by atoms with van der Waals surface area (Å²) in [6.07, 6.45) is 1.06. The lowest BCUT2D eigenvalue weighted by Crippen LogP contribution is -2.18. The van der Waals surface area contributed by atoms with Crippen LogP contribution in [0.15, 0.2) is 18.2 Å². The molecule has 0 bridgehead atoms. The molecular formula is C15H25NO4S. The zero-order valence-corrected chi connectivity index (χ0v) is 13.8. The summed E-state index contributed by atoms with van der Waals surface area (Å²) < 4.78 is 33.8. The molecule has 0 amide bonds. The second-order valence-electron chi connectivity index (χ2n) is 4.74. The number of rotatable bonds is 10. The smallest absolute Gasteiger partial charge is 0.153 e. The van der Waals surface area contributed by atoms with Crippen LogP contribution in [-0.4, -0.2) is 40.2 Å². The van der Waals surface area contributed by atoms with Gasteiger partial charge in [-0.15, -0.1) is 0 Å². The molecule has 0 aliphatic carbocycles. The number of ether oxygens (including phenoxy) is 2. The van der Waals surface area contributed by atoms with Crippen molar-refractivity contribution in [3.63, 3.8) is 0 Å². The molecule has 1 rings (SSSR count). The Labute approximate surface area is 127 Å². The molecule has 0 aromatic heterocycles. The van der Waals surface area contributed by atoms with Crippen molar-refractivity contribution in [2.24, 2.45) is 0 Å². The second kappa shape index (κ2) is 8.89. The minimum Gasteiger partial charge on any atom is -0.497 e. The summed E-state index contributed by atoms with van der Waals surface area (Å²) in [7, 11) is -1.42. The summed E-state index contributed by atoms with van der Waals surface area (Å²) in [5.41, 5.74) is 0.998. The molecule has 0 aliphatic heterocycles. The maximum Gasteiger partial charge on any atom is 0.153 e. The highest BCUT2D eigenvalue weighted by Gasteiger charge is 2.10. The Bertz CT molecular complexity index is 528. The number of methoxy groups -OCH3 is 1. The average molecular weight is 315 g/mol. The first-order valence-electron chi connectivity index (χ1n) is 7.23. The highest BCUT2D eigenvalue weighted by molar-refractivity contribution is 7.91. The summed E-state index contributed by atoms with van der Waals surface area (Å²) in [6.45, 7) is 5.52. The Kier molecular flexibility index (Phi) is 7.53. The minimum atomic E-state index is -3.01. The Balaban J connectivity index is 2.71. The molecule has 0 fully saturated rings. The highest BCUT2D eigenvalue weighted by atomic mass is 32.2. The molecular weight excluding hydrogens is 290 g/mol. The van der Waals surface area contributed by atoms with E-state index in [9.17, 15) is 8.42 Å². The molecule has 1 N–H and O–H groups in total. The van der Waals surface area contributed by atoms with E-state index in [1.807, 2.05) is 12.1 Å². The predicted octanol–water partition coefficient (Wildman–Crippen LogP) is 2.01. The van der Waals surface area contributed by atoms with E-state index < -0.39 is 9.84 Å². The van der Waals surface area contributed by atoms with Gasteiger partial charge in [0.2, 0.25) is 0 Å². The fourth-order valence-electron chi connectivity index (χ4n) is 1.77. The normalized spacial score (nSPS) is 11.4. The molecule has 0 saturated heterocycles. The molecule has 0 saturated carbocycles. The van der Waals surface area contributed by atoms with Crippen molar-refractivity contribution in [3.05, 3.63) is 23.8 Å². The van der Waals surface area contributed by atoms with Crippen LogP contribution in [0.3, 0.4) is 0 Å². The highest BCUT2D eigenvalue weighted by Crippen LogP contribution is 2.25. The lowest BCUT2D eigenvalue weighted by Gasteiger charge is -2.13. The van der Waals surface area contributed by atoms with Gasteiger partial charge in [0.05, 0.1) is 12.9 Å². The van der Waals surface area contributed by atoms with E-state index in [1.54, 1.807) is 20.1 Å². The van der Waals surface area contributed by atoms with E-state index in [0.29, 0.717) is 18.0 Å². The lowest BCUT2D eigenvalue weighted by molar-refractivity contribution is 0.332. The lowest BCUT2D eigenvalue weighted by atomic mass is 10.2. The van der Waals surface area contributed by atoms with Gasteiger partial charge >= 0.3 is 0 Å². The van der Waals surface area contributed by atoms with Gasteiger partial charge in [-0.25, -0.2) is 8.42 Å². The van der Waals surface area contributed by atoms with Gasteiger partial charge in [0.1, 0.15) is 18.1 Å². The van der Waals surface area contributed by atoms with Crippen molar-refractivity contribution < 1.29 is 17.9 Å². The fraction of sp³-hybridized carbons (Fsp3) is 0.600. The summed E-state index contributed by atoms with van der Waals surface area (Å²) >= 11 is 0. The van der Waals surface area contributed by atoms with Crippen LogP contribution >= 0.6 is 0 Å². The van der Waals surface area contributed by atoms with Gasteiger partial charge in [-0.2, -0.15) is 0 Å². The van der Waals surface area contributed by atoms with Crippen LogP contribution in [0, 0.1) is 0 Å². The van der Waals surface area contributed by atoms with Crippen LogP contribution in [0.1, 0.15) is 25.8 Å². The van der Waals surface area contributed by atoms with Gasteiger partial charge < -0.3 is 14.8 Å². The van der Waals surface area contributed by atoms with Crippen molar-refractivity contribution in [2.45, 2.75) is 26.8 Å². The Morgan fingerprint density at radius 3 is 2.62 bits per heavy atom. The summed E-state index contributed by atoms with van der Waals surface area (Å²) in [6, 6.07) is 5.60. The largest absolute Gasteiger partial charge is 0.497 e. The van der Waals surface area contributed by atoms with Crippen molar-refractivity contribution in [2.75, 3.05) is 31.8 Å². The molecule has 1 aromatic carbocycles. The number of sulfone groups is 1. The van der Waals surface area contributed by atoms with Gasteiger partial charge in [-0.1, -0.05) is 19.9 Å². The number of hydrogen-bond donors (Lipinski definition) is 1. The third kappa shape index (κ3) is 6.35. The number of nitrogens with one attached hydrogen (secondary N) is 1.